The van der Waals surface area contributed by atoms with Gasteiger partial charge in [0.25, 0.3) is 5.91 Å². The van der Waals surface area contributed by atoms with E-state index in [0.29, 0.717) is 0 Å². The standard InChI is InChI=1S/C16H11BrN2O2S/c17-10-4-3-5-11(8-10)19-14(20)9-22-16(19)12-6-1-2-7-13(12)18-15(16)21/h1-8H,9H2,(H,18,21). The highest BCUT2D eigenvalue weighted by Crippen LogP contribution is 2.53. The SMILES string of the molecule is O=C1CSC2(C(=O)Nc3ccccc32)N1c1cccc(Br)c1. The maximum atomic E-state index is 12.7. The van der Waals surface area contributed by atoms with E-state index in [1.54, 1.807) is 4.90 Å². The summed E-state index contributed by atoms with van der Waals surface area (Å²) in [6.45, 7) is 0. The number of halogens is 1. The zero-order valence-corrected chi connectivity index (χ0v) is 13.8. The smallest absolute Gasteiger partial charge is 0.266 e. The van der Waals surface area contributed by atoms with E-state index in [-0.39, 0.29) is 17.6 Å². The van der Waals surface area contributed by atoms with Crippen molar-refractivity contribution < 1.29 is 9.59 Å². The Balaban J connectivity index is 1.94. The van der Waals surface area contributed by atoms with E-state index in [9.17, 15) is 9.59 Å². The lowest BCUT2D eigenvalue weighted by Gasteiger charge is -2.32. The third kappa shape index (κ3) is 1.77. The number of nitrogens with one attached hydrogen (secondary N) is 1. The lowest BCUT2D eigenvalue weighted by molar-refractivity contribution is -0.122. The molecule has 4 nitrogen and oxygen atoms in total. The Morgan fingerprint density at radius 3 is 2.77 bits per heavy atom. The first kappa shape index (κ1) is 13.8. The lowest BCUT2D eigenvalue weighted by Crippen LogP contribution is -2.47. The van der Waals surface area contributed by atoms with Crippen LogP contribution >= 0.6 is 27.7 Å². The number of nitrogens with zero attached hydrogens (tertiary/aromatic N) is 1. The van der Waals surface area contributed by atoms with Crippen LogP contribution in [0.1, 0.15) is 5.56 Å². The molecule has 110 valence electrons. The molecule has 0 bridgehead atoms. The molecule has 2 aromatic carbocycles. The summed E-state index contributed by atoms with van der Waals surface area (Å²) in [6, 6.07) is 15.0. The van der Waals surface area contributed by atoms with Gasteiger partial charge in [0.05, 0.1) is 5.75 Å². The highest BCUT2D eigenvalue weighted by molar-refractivity contribution is 9.10. The van der Waals surface area contributed by atoms with Crippen LogP contribution in [0.5, 0.6) is 0 Å². The highest BCUT2D eigenvalue weighted by atomic mass is 79.9. The molecule has 1 atom stereocenters. The van der Waals surface area contributed by atoms with Gasteiger partial charge in [0.15, 0.2) is 0 Å². The molecule has 2 heterocycles. The number of rotatable bonds is 1. The second kappa shape index (κ2) is 4.86. The number of hydrogen-bond acceptors (Lipinski definition) is 3. The molecule has 22 heavy (non-hydrogen) atoms. The van der Waals surface area contributed by atoms with Crippen molar-refractivity contribution in [2.24, 2.45) is 0 Å². The van der Waals surface area contributed by atoms with Gasteiger partial charge in [-0.1, -0.05) is 40.2 Å². The zero-order valence-electron chi connectivity index (χ0n) is 11.4. The van der Waals surface area contributed by atoms with Crippen LogP contribution in [0.25, 0.3) is 0 Å². The molecule has 2 aliphatic heterocycles. The normalized spacial score (nSPS) is 23.0. The van der Waals surface area contributed by atoms with Crippen molar-refractivity contribution >= 4 is 50.9 Å². The number of hydrogen-bond donors (Lipinski definition) is 1. The van der Waals surface area contributed by atoms with Gasteiger partial charge in [-0.3, -0.25) is 14.5 Å². The molecule has 1 fully saturated rings. The van der Waals surface area contributed by atoms with Crippen molar-refractivity contribution in [3.63, 3.8) is 0 Å². The number of anilines is 2. The first-order valence-corrected chi connectivity index (χ1v) is 8.54. The predicted octanol–water partition coefficient (Wildman–Crippen LogP) is 3.33. The number of carbonyl (C=O) groups excluding carboxylic acids is 2. The number of para-hydroxylation sites is 1. The van der Waals surface area contributed by atoms with E-state index in [2.05, 4.69) is 21.2 Å². The van der Waals surface area contributed by atoms with E-state index in [0.717, 1.165) is 21.4 Å². The van der Waals surface area contributed by atoms with E-state index in [1.807, 2.05) is 48.5 Å². The minimum absolute atomic E-state index is 0.0602. The van der Waals surface area contributed by atoms with Gasteiger partial charge in [0, 0.05) is 21.4 Å². The molecule has 6 heteroatoms. The Morgan fingerprint density at radius 1 is 1.14 bits per heavy atom. The van der Waals surface area contributed by atoms with Crippen molar-refractivity contribution in [1.82, 2.24) is 0 Å². The molecule has 1 N–H and O–H groups in total. The largest absolute Gasteiger partial charge is 0.323 e. The van der Waals surface area contributed by atoms with Crippen LogP contribution in [0.3, 0.4) is 0 Å². The van der Waals surface area contributed by atoms with Crippen LogP contribution in [-0.2, 0) is 14.5 Å². The Morgan fingerprint density at radius 2 is 1.95 bits per heavy atom. The van der Waals surface area contributed by atoms with Gasteiger partial charge in [0.2, 0.25) is 10.8 Å². The number of fused-ring (bicyclic) bond motifs is 2. The Hall–Kier alpha value is -1.79. The van der Waals surface area contributed by atoms with Crippen LogP contribution < -0.4 is 10.2 Å². The molecule has 0 aromatic heterocycles. The average molecular weight is 375 g/mol. The van der Waals surface area contributed by atoms with Gasteiger partial charge in [0.1, 0.15) is 0 Å². The summed E-state index contributed by atoms with van der Waals surface area (Å²) in [6.07, 6.45) is 0. The average Bonchev–Trinajstić information content (AvgIpc) is 2.99. The summed E-state index contributed by atoms with van der Waals surface area (Å²) < 4.78 is 0.872. The molecule has 2 aliphatic rings. The van der Waals surface area contributed by atoms with Gasteiger partial charge in [-0.05, 0) is 24.3 Å². The minimum Gasteiger partial charge on any atom is -0.323 e. The van der Waals surface area contributed by atoms with E-state index in [4.69, 9.17) is 0 Å². The Labute approximate surface area is 140 Å². The van der Waals surface area contributed by atoms with Crippen molar-refractivity contribution in [2.75, 3.05) is 16.0 Å². The van der Waals surface area contributed by atoms with Crippen LogP contribution in [0, 0.1) is 0 Å². The third-order valence-electron chi connectivity index (χ3n) is 3.88. The number of carbonyl (C=O) groups is 2. The van der Waals surface area contributed by atoms with Crippen LogP contribution in [0.15, 0.2) is 53.0 Å². The third-order valence-corrected chi connectivity index (χ3v) is 5.77. The zero-order chi connectivity index (χ0) is 15.3. The summed E-state index contributed by atoms with van der Waals surface area (Å²) in [5.41, 5.74) is 2.33. The molecule has 1 saturated heterocycles. The molecule has 1 unspecified atom stereocenters. The molecule has 4 rings (SSSR count). The molecule has 0 radical (unpaired) electrons. The van der Waals surface area contributed by atoms with E-state index >= 15 is 0 Å². The fraction of sp³-hybridized carbons (Fsp3) is 0.125. The van der Waals surface area contributed by atoms with Gasteiger partial charge in [-0.25, -0.2) is 0 Å². The molecule has 0 saturated carbocycles. The van der Waals surface area contributed by atoms with Gasteiger partial charge >= 0.3 is 0 Å². The highest BCUT2D eigenvalue weighted by Gasteiger charge is 2.58. The molecular weight excluding hydrogens is 364 g/mol. The predicted molar refractivity (Wildman–Crippen MR) is 90.8 cm³/mol. The number of thioether (sulfide) groups is 1. The molecule has 1 spiro atoms. The second-order valence-corrected chi connectivity index (χ2v) is 7.23. The summed E-state index contributed by atoms with van der Waals surface area (Å²) in [7, 11) is 0. The second-order valence-electron chi connectivity index (χ2n) is 5.14. The molecule has 2 amide bonds. The number of amides is 2. The van der Waals surface area contributed by atoms with Gasteiger partial charge in [-0.2, -0.15) is 0 Å². The molecular formula is C16H11BrN2O2S. The van der Waals surface area contributed by atoms with Crippen LogP contribution in [0.4, 0.5) is 11.4 Å². The lowest BCUT2D eigenvalue weighted by atomic mass is 10.0. The van der Waals surface area contributed by atoms with Crippen LogP contribution in [-0.4, -0.2) is 17.6 Å². The topological polar surface area (TPSA) is 49.4 Å². The monoisotopic (exact) mass is 374 g/mol. The molecule has 0 aliphatic carbocycles. The summed E-state index contributed by atoms with van der Waals surface area (Å²) in [5.74, 6) is 0.0633. The first-order valence-electron chi connectivity index (χ1n) is 6.76. The van der Waals surface area contributed by atoms with E-state index in [1.165, 1.54) is 11.8 Å². The van der Waals surface area contributed by atoms with Crippen molar-refractivity contribution in [2.45, 2.75) is 4.87 Å². The van der Waals surface area contributed by atoms with Crippen molar-refractivity contribution in [3.05, 3.63) is 58.6 Å². The fourth-order valence-electron chi connectivity index (χ4n) is 2.99. The summed E-state index contributed by atoms with van der Waals surface area (Å²) in [5, 5.41) is 2.90. The summed E-state index contributed by atoms with van der Waals surface area (Å²) in [4.78, 5) is 25.9. The summed E-state index contributed by atoms with van der Waals surface area (Å²) >= 11 is 4.80. The van der Waals surface area contributed by atoms with Crippen molar-refractivity contribution in [1.29, 1.82) is 0 Å². The van der Waals surface area contributed by atoms with Gasteiger partial charge in [-0.15, -0.1) is 11.8 Å². The van der Waals surface area contributed by atoms with Crippen LogP contribution in [0.2, 0.25) is 0 Å². The molecule has 2 aromatic rings. The minimum atomic E-state index is -1.01. The number of benzene rings is 2. The van der Waals surface area contributed by atoms with Crippen molar-refractivity contribution in [3.8, 4) is 0 Å². The maximum absolute atomic E-state index is 12.7. The quantitative estimate of drug-likeness (QED) is 0.832. The van der Waals surface area contributed by atoms with E-state index < -0.39 is 4.87 Å². The Bertz CT molecular complexity index is 810. The fourth-order valence-corrected chi connectivity index (χ4v) is 4.69. The first-order chi connectivity index (χ1) is 10.6. The maximum Gasteiger partial charge on any atom is 0.266 e. The van der Waals surface area contributed by atoms with Gasteiger partial charge < -0.3 is 5.32 Å². The Kier molecular flexibility index (Phi) is 3.06.